The lowest BCUT2D eigenvalue weighted by atomic mass is 10.2. The number of hydrogen-bond acceptors (Lipinski definition) is 3. The van der Waals surface area contributed by atoms with Gasteiger partial charge in [-0.05, 0) is 25.5 Å². The van der Waals surface area contributed by atoms with Crippen molar-refractivity contribution in [3.05, 3.63) is 29.3 Å². The van der Waals surface area contributed by atoms with E-state index in [1.807, 2.05) is 0 Å². The highest BCUT2D eigenvalue weighted by Gasteiger charge is 2.13. The molecule has 0 saturated heterocycles. The van der Waals surface area contributed by atoms with Gasteiger partial charge < -0.3 is 4.74 Å². The van der Waals surface area contributed by atoms with E-state index in [0.29, 0.717) is 0 Å². The van der Waals surface area contributed by atoms with Crippen molar-refractivity contribution in [1.82, 2.24) is 4.98 Å². The van der Waals surface area contributed by atoms with Crippen molar-refractivity contribution in [3.63, 3.8) is 0 Å². The van der Waals surface area contributed by atoms with Crippen LogP contribution in [0.5, 0.6) is 0 Å². The Labute approximate surface area is 75.6 Å². The third-order valence-corrected chi connectivity index (χ3v) is 1.47. The lowest BCUT2D eigenvalue weighted by Gasteiger charge is -2.02. The lowest BCUT2D eigenvalue weighted by molar-refractivity contribution is 0.0519. The van der Waals surface area contributed by atoms with Gasteiger partial charge in [-0.15, -0.1) is 0 Å². The second kappa shape index (κ2) is 3.98. The summed E-state index contributed by atoms with van der Waals surface area (Å²) in [6, 6.07) is 1.42. The molecule has 13 heavy (non-hydrogen) atoms. The molecule has 4 heteroatoms. The number of rotatable bonds is 2. The number of hydrogen-bond donors (Lipinski definition) is 0. The Morgan fingerprint density at radius 1 is 1.69 bits per heavy atom. The van der Waals surface area contributed by atoms with Gasteiger partial charge in [-0.3, -0.25) is 0 Å². The predicted octanol–water partition coefficient (Wildman–Crippen LogP) is 1.71. The monoisotopic (exact) mass is 183 g/mol. The van der Waals surface area contributed by atoms with Crippen LogP contribution in [0.15, 0.2) is 12.3 Å². The van der Waals surface area contributed by atoms with Crippen LogP contribution < -0.4 is 0 Å². The van der Waals surface area contributed by atoms with Crippen LogP contribution in [-0.2, 0) is 4.74 Å². The van der Waals surface area contributed by atoms with Gasteiger partial charge in [-0.1, -0.05) is 0 Å². The number of carbonyl (C=O) groups excluding carboxylic acids is 1. The van der Waals surface area contributed by atoms with Crippen LogP contribution in [0, 0.1) is 12.9 Å². The molecule has 0 bridgehead atoms. The Morgan fingerprint density at radius 2 is 2.38 bits per heavy atom. The predicted molar refractivity (Wildman–Crippen MR) is 44.9 cm³/mol. The van der Waals surface area contributed by atoms with Crippen LogP contribution in [-0.4, -0.2) is 17.6 Å². The summed E-state index contributed by atoms with van der Waals surface area (Å²) in [7, 11) is 0. The molecule has 0 atom stereocenters. The fourth-order valence-corrected chi connectivity index (χ4v) is 0.905. The van der Waals surface area contributed by atoms with Crippen molar-refractivity contribution < 1.29 is 13.9 Å². The Morgan fingerprint density at radius 3 is 3.00 bits per heavy atom. The second-order valence-electron chi connectivity index (χ2n) is 2.57. The van der Waals surface area contributed by atoms with Crippen LogP contribution >= 0.6 is 0 Å². The summed E-state index contributed by atoms with van der Waals surface area (Å²) in [5, 5.41) is 0. The van der Waals surface area contributed by atoms with Crippen molar-refractivity contribution in [3.8, 4) is 0 Å². The Kier molecular flexibility index (Phi) is 2.95. The third-order valence-electron chi connectivity index (χ3n) is 1.47. The molecule has 1 heterocycles. The maximum absolute atomic E-state index is 12.9. The minimum atomic E-state index is -0.788. The average Bonchev–Trinajstić information content (AvgIpc) is 2.09. The molecule has 1 rings (SSSR count). The molecule has 0 unspecified atom stereocenters. The van der Waals surface area contributed by atoms with Crippen LogP contribution in [0.4, 0.5) is 4.39 Å². The molecule has 0 aliphatic heterocycles. The molecule has 70 valence electrons. The smallest absolute Gasteiger partial charge is 0.342 e. The molecule has 0 N–H and O–H groups in total. The van der Waals surface area contributed by atoms with E-state index in [9.17, 15) is 9.18 Å². The van der Waals surface area contributed by atoms with E-state index >= 15 is 0 Å². The largest absolute Gasteiger partial charge is 0.462 e. The van der Waals surface area contributed by atoms with Crippen LogP contribution in [0.1, 0.15) is 22.8 Å². The van der Waals surface area contributed by atoms with Gasteiger partial charge in [0.15, 0.2) is 0 Å². The zero-order valence-corrected chi connectivity index (χ0v) is 7.50. The summed E-state index contributed by atoms with van der Waals surface area (Å²) in [6.45, 7) is 3.63. The summed E-state index contributed by atoms with van der Waals surface area (Å²) >= 11 is 0. The fraction of sp³-hybridized carbons (Fsp3) is 0.333. The van der Waals surface area contributed by atoms with Gasteiger partial charge in [-0.2, -0.15) is 4.39 Å². The van der Waals surface area contributed by atoms with Gasteiger partial charge >= 0.3 is 5.97 Å². The van der Waals surface area contributed by atoms with E-state index in [-0.39, 0.29) is 12.2 Å². The second-order valence-corrected chi connectivity index (χ2v) is 2.57. The van der Waals surface area contributed by atoms with Crippen molar-refractivity contribution in [1.29, 1.82) is 0 Å². The molecule has 0 saturated carbocycles. The fourth-order valence-electron chi connectivity index (χ4n) is 0.905. The van der Waals surface area contributed by atoms with Gasteiger partial charge in [0.25, 0.3) is 0 Å². The van der Waals surface area contributed by atoms with Crippen molar-refractivity contribution >= 4 is 5.97 Å². The Hall–Kier alpha value is -1.45. The van der Waals surface area contributed by atoms with E-state index in [1.165, 1.54) is 12.3 Å². The number of nitrogens with zero attached hydrogens (tertiary/aromatic N) is 1. The number of aromatic nitrogens is 1. The lowest BCUT2D eigenvalue weighted by Crippen LogP contribution is -2.08. The summed E-state index contributed by atoms with van der Waals surface area (Å²) in [4.78, 5) is 14.5. The summed E-state index contributed by atoms with van der Waals surface area (Å²) in [5.74, 6) is -1.46. The third kappa shape index (κ3) is 2.24. The van der Waals surface area contributed by atoms with Gasteiger partial charge in [0.05, 0.1) is 6.61 Å². The number of pyridine rings is 1. The number of ether oxygens (including phenoxy) is 1. The van der Waals surface area contributed by atoms with Crippen molar-refractivity contribution in [2.75, 3.05) is 6.61 Å². The average molecular weight is 183 g/mol. The first kappa shape index (κ1) is 9.64. The van der Waals surface area contributed by atoms with E-state index in [0.717, 1.165) is 5.56 Å². The molecule has 0 aliphatic rings. The van der Waals surface area contributed by atoms with E-state index < -0.39 is 11.9 Å². The summed E-state index contributed by atoms with van der Waals surface area (Å²) < 4.78 is 17.6. The van der Waals surface area contributed by atoms with Crippen LogP contribution in [0.3, 0.4) is 0 Å². The molecular formula is C9H10FNO2. The summed E-state index contributed by atoms with van der Waals surface area (Å²) in [6.07, 6.45) is 1.36. The van der Waals surface area contributed by atoms with Gasteiger partial charge in [0.1, 0.15) is 5.56 Å². The van der Waals surface area contributed by atoms with E-state index in [1.54, 1.807) is 13.8 Å². The van der Waals surface area contributed by atoms with Gasteiger partial charge in [-0.25, -0.2) is 9.78 Å². The highest BCUT2D eigenvalue weighted by molar-refractivity contribution is 5.89. The maximum Gasteiger partial charge on any atom is 0.342 e. The molecule has 0 amide bonds. The number of esters is 1. The highest BCUT2D eigenvalue weighted by Crippen LogP contribution is 2.08. The molecule has 0 radical (unpaired) electrons. The number of aryl methyl sites for hydroxylation is 1. The van der Waals surface area contributed by atoms with Crippen molar-refractivity contribution in [2.24, 2.45) is 0 Å². The zero-order chi connectivity index (χ0) is 9.84. The first-order valence-electron chi connectivity index (χ1n) is 3.94. The molecule has 0 fully saturated rings. The molecular weight excluding hydrogens is 173 g/mol. The highest BCUT2D eigenvalue weighted by atomic mass is 19.1. The van der Waals surface area contributed by atoms with E-state index in [4.69, 9.17) is 0 Å². The minimum Gasteiger partial charge on any atom is -0.462 e. The van der Waals surface area contributed by atoms with Crippen LogP contribution in [0.25, 0.3) is 0 Å². The number of halogens is 1. The zero-order valence-electron chi connectivity index (χ0n) is 7.50. The normalized spacial score (nSPS) is 9.77. The minimum absolute atomic E-state index is 0.109. The maximum atomic E-state index is 12.9. The Bertz CT molecular complexity index is 325. The molecule has 0 aromatic carbocycles. The Balaban J connectivity index is 2.99. The first-order valence-corrected chi connectivity index (χ1v) is 3.94. The SMILES string of the molecule is CCOC(=O)c1cc(C)cnc1F. The molecule has 0 spiro atoms. The molecule has 1 aromatic rings. The van der Waals surface area contributed by atoms with E-state index in [2.05, 4.69) is 9.72 Å². The van der Waals surface area contributed by atoms with Gasteiger partial charge in [0, 0.05) is 6.20 Å². The standard InChI is InChI=1S/C9H10FNO2/c1-3-13-9(12)7-4-6(2)5-11-8(7)10/h4-5H,3H2,1-2H3. The van der Waals surface area contributed by atoms with Crippen LogP contribution in [0.2, 0.25) is 0 Å². The topological polar surface area (TPSA) is 39.2 Å². The quantitative estimate of drug-likeness (QED) is 0.517. The molecule has 3 nitrogen and oxygen atoms in total. The van der Waals surface area contributed by atoms with Crippen molar-refractivity contribution in [2.45, 2.75) is 13.8 Å². The number of carbonyl (C=O) groups is 1. The first-order chi connectivity index (χ1) is 6.15. The molecule has 0 aliphatic carbocycles. The molecule has 1 aromatic heterocycles. The summed E-state index contributed by atoms with van der Waals surface area (Å²) in [5.41, 5.74) is 0.617. The van der Waals surface area contributed by atoms with Gasteiger partial charge in [0.2, 0.25) is 5.95 Å².